The Morgan fingerprint density at radius 1 is 1.09 bits per heavy atom. The van der Waals surface area contributed by atoms with Gasteiger partial charge < -0.3 is 5.11 Å². The van der Waals surface area contributed by atoms with Gasteiger partial charge >= 0.3 is 0 Å². The summed E-state index contributed by atoms with van der Waals surface area (Å²) in [5, 5.41) is 13.6. The lowest BCUT2D eigenvalue weighted by Crippen LogP contribution is -2.39. The molecule has 32 heavy (non-hydrogen) atoms. The molecule has 3 rings (SSSR count). The first kappa shape index (κ1) is 23.5. The highest BCUT2D eigenvalue weighted by molar-refractivity contribution is 7.89. The number of nitrogens with zero attached hydrogens (tertiary/aromatic N) is 2. The third kappa shape index (κ3) is 6.40. The van der Waals surface area contributed by atoms with Crippen molar-refractivity contribution in [2.24, 2.45) is 5.10 Å². The minimum atomic E-state index is -3.96. The first-order valence-electron chi connectivity index (χ1n) is 9.66. The molecule has 0 radical (unpaired) electrons. The Labute approximate surface area is 192 Å². The zero-order chi connectivity index (χ0) is 23.1. The Morgan fingerprint density at radius 3 is 2.44 bits per heavy atom. The number of nitrogens with one attached hydrogen (secondary N) is 1. The van der Waals surface area contributed by atoms with Crippen LogP contribution in [-0.2, 0) is 21.4 Å². The van der Waals surface area contributed by atoms with Crippen molar-refractivity contribution in [2.45, 2.75) is 18.4 Å². The standard InChI is InChI=1S/C23H22ClN3O4S/c1-17-5-11-22(12-6-17)32(30,31)27(15-19-3-2-4-20(24)13-19)16-23(29)26-25-14-18-7-9-21(28)10-8-18/h2-14,28H,15-16H2,1H3,(H,26,29)/b25-14-. The number of amides is 1. The average molecular weight is 472 g/mol. The van der Waals surface area contributed by atoms with Crippen LogP contribution < -0.4 is 5.43 Å². The van der Waals surface area contributed by atoms with Crippen LogP contribution in [0.2, 0.25) is 5.02 Å². The highest BCUT2D eigenvalue weighted by Crippen LogP contribution is 2.20. The molecule has 1 amide bonds. The summed E-state index contributed by atoms with van der Waals surface area (Å²) in [4.78, 5) is 12.6. The highest BCUT2D eigenvalue weighted by atomic mass is 35.5. The number of hydrogen-bond donors (Lipinski definition) is 2. The van der Waals surface area contributed by atoms with Crippen molar-refractivity contribution in [1.29, 1.82) is 0 Å². The Hall–Kier alpha value is -3.20. The summed E-state index contributed by atoms with van der Waals surface area (Å²) in [5.41, 5.74) is 4.57. The molecule has 7 nitrogen and oxygen atoms in total. The molecule has 0 aliphatic carbocycles. The normalized spacial score (nSPS) is 11.7. The lowest BCUT2D eigenvalue weighted by molar-refractivity contribution is -0.121. The number of carbonyl (C=O) groups is 1. The second kappa shape index (κ2) is 10.4. The number of hydrazone groups is 1. The Morgan fingerprint density at radius 2 is 1.78 bits per heavy atom. The Bertz CT molecular complexity index is 1210. The van der Waals surface area contributed by atoms with Crippen molar-refractivity contribution in [2.75, 3.05) is 6.54 Å². The van der Waals surface area contributed by atoms with Crippen LogP contribution in [0.1, 0.15) is 16.7 Å². The maximum absolute atomic E-state index is 13.2. The van der Waals surface area contributed by atoms with E-state index in [-0.39, 0.29) is 17.2 Å². The van der Waals surface area contributed by atoms with Crippen LogP contribution in [0.25, 0.3) is 0 Å². The van der Waals surface area contributed by atoms with Gasteiger partial charge in [-0.3, -0.25) is 4.79 Å². The average Bonchev–Trinajstić information content (AvgIpc) is 2.75. The Balaban J connectivity index is 1.79. The number of carbonyl (C=O) groups excluding carboxylic acids is 1. The molecule has 3 aromatic carbocycles. The van der Waals surface area contributed by atoms with E-state index in [9.17, 15) is 18.3 Å². The number of halogens is 1. The second-order valence-corrected chi connectivity index (χ2v) is 9.48. The lowest BCUT2D eigenvalue weighted by atomic mass is 10.2. The zero-order valence-electron chi connectivity index (χ0n) is 17.3. The van der Waals surface area contributed by atoms with E-state index in [2.05, 4.69) is 10.5 Å². The molecule has 0 fully saturated rings. The number of sulfonamides is 1. The van der Waals surface area contributed by atoms with Gasteiger partial charge in [-0.15, -0.1) is 0 Å². The summed E-state index contributed by atoms with van der Waals surface area (Å²) in [7, 11) is -3.96. The number of rotatable bonds is 8. The van der Waals surface area contributed by atoms with E-state index in [1.165, 1.54) is 30.5 Å². The molecule has 2 N–H and O–H groups in total. The van der Waals surface area contributed by atoms with Gasteiger partial charge in [0.05, 0.1) is 17.7 Å². The minimum absolute atomic E-state index is 0.0358. The summed E-state index contributed by atoms with van der Waals surface area (Å²) in [5.74, 6) is -0.484. The molecule has 9 heteroatoms. The maximum Gasteiger partial charge on any atom is 0.255 e. The van der Waals surface area contributed by atoms with Crippen molar-refractivity contribution in [1.82, 2.24) is 9.73 Å². The molecule has 0 unspecified atom stereocenters. The molecule has 166 valence electrons. The molecule has 0 aromatic heterocycles. The van der Waals surface area contributed by atoms with E-state index in [1.807, 2.05) is 6.92 Å². The largest absolute Gasteiger partial charge is 0.508 e. The van der Waals surface area contributed by atoms with Crippen LogP contribution in [0.3, 0.4) is 0 Å². The quantitative estimate of drug-likeness (QED) is 0.386. The molecule has 0 heterocycles. The van der Waals surface area contributed by atoms with Crippen LogP contribution >= 0.6 is 11.6 Å². The van der Waals surface area contributed by atoms with Gasteiger partial charge in [0.25, 0.3) is 5.91 Å². The molecule has 0 bridgehead atoms. The molecule has 0 spiro atoms. The first-order valence-corrected chi connectivity index (χ1v) is 11.5. The summed E-state index contributed by atoms with van der Waals surface area (Å²) in [6, 6.07) is 19.5. The minimum Gasteiger partial charge on any atom is -0.508 e. The highest BCUT2D eigenvalue weighted by Gasteiger charge is 2.27. The van der Waals surface area contributed by atoms with E-state index in [4.69, 9.17) is 11.6 Å². The van der Waals surface area contributed by atoms with Crippen LogP contribution in [0.5, 0.6) is 5.75 Å². The third-order valence-corrected chi connectivity index (χ3v) is 6.56. The van der Waals surface area contributed by atoms with Crippen LogP contribution in [0.15, 0.2) is 82.8 Å². The van der Waals surface area contributed by atoms with Crippen LogP contribution in [-0.4, -0.2) is 36.5 Å². The van der Waals surface area contributed by atoms with Crippen molar-refractivity contribution < 1.29 is 18.3 Å². The van der Waals surface area contributed by atoms with E-state index in [1.54, 1.807) is 48.5 Å². The molecular formula is C23H22ClN3O4S. The van der Waals surface area contributed by atoms with Gasteiger partial charge in [0.2, 0.25) is 10.0 Å². The molecule has 0 saturated heterocycles. The SMILES string of the molecule is Cc1ccc(S(=O)(=O)N(CC(=O)N/N=C\c2ccc(O)cc2)Cc2cccc(Cl)c2)cc1. The van der Waals surface area contributed by atoms with E-state index < -0.39 is 22.5 Å². The molecule has 0 atom stereocenters. The summed E-state index contributed by atoms with van der Waals surface area (Å²) >= 11 is 6.04. The van der Waals surface area contributed by atoms with Crippen molar-refractivity contribution >= 4 is 33.7 Å². The smallest absolute Gasteiger partial charge is 0.255 e. The maximum atomic E-state index is 13.2. The van der Waals surface area contributed by atoms with E-state index in [0.717, 1.165) is 9.87 Å². The van der Waals surface area contributed by atoms with Gasteiger partial charge in [0.1, 0.15) is 5.75 Å². The van der Waals surface area contributed by atoms with Gasteiger partial charge in [-0.05, 0) is 66.6 Å². The molecule has 0 saturated carbocycles. The molecular weight excluding hydrogens is 450 g/mol. The Kier molecular flexibility index (Phi) is 7.63. The third-order valence-electron chi connectivity index (χ3n) is 4.52. The topological polar surface area (TPSA) is 99.1 Å². The fourth-order valence-electron chi connectivity index (χ4n) is 2.86. The number of aryl methyl sites for hydroxylation is 1. The van der Waals surface area contributed by atoms with E-state index in [0.29, 0.717) is 16.1 Å². The van der Waals surface area contributed by atoms with Crippen molar-refractivity contribution in [3.63, 3.8) is 0 Å². The van der Waals surface area contributed by atoms with E-state index >= 15 is 0 Å². The fraction of sp³-hybridized carbons (Fsp3) is 0.130. The van der Waals surface area contributed by atoms with Gasteiger partial charge in [-0.2, -0.15) is 9.41 Å². The van der Waals surface area contributed by atoms with Gasteiger partial charge in [-0.1, -0.05) is 41.4 Å². The van der Waals surface area contributed by atoms with Crippen LogP contribution in [0.4, 0.5) is 0 Å². The second-order valence-electron chi connectivity index (χ2n) is 7.10. The molecule has 3 aromatic rings. The number of phenols is 1. The van der Waals surface area contributed by atoms with Gasteiger partial charge in [0.15, 0.2) is 0 Å². The van der Waals surface area contributed by atoms with Crippen molar-refractivity contribution in [3.05, 3.63) is 94.5 Å². The van der Waals surface area contributed by atoms with Gasteiger partial charge in [-0.25, -0.2) is 13.8 Å². The van der Waals surface area contributed by atoms with Gasteiger partial charge in [0, 0.05) is 11.6 Å². The summed E-state index contributed by atoms with van der Waals surface area (Å²) in [6.07, 6.45) is 1.40. The lowest BCUT2D eigenvalue weighted by Gasteiger charge is -2.21. The molecule has 0 aliphatic heterocycles. The van der Waals surface area contributed by atoms with Crippen LogP contribution in [0, 0.1) is 6.92 Å². The fourth-order valence-corrected chi connectivity index (χ4v) is 4.46. The van der Waals surface area contributed by atoms with Crippen molar-refractivity contribution in [3.8, 4) is 5.75 Å². The summed E-state index contributed by atoms with van der Waals surface area (Å²) in [6.45, 7) is 1.39. The first-order chi connectivity index (χ1) is 15.2. The monoisotopic (exact) mass is 471 g/mol. The number of phenolic OH excluding ortho intramolecular Hbond substituents is 1. The zero-order valence-corrected chi connectivity index (χ0v) is 18.8. The number of benzene rings is 3. The number of aromatic hydroxyl groups is 1. The molecule has 0 aliphatic rings. The predicted molar refractivity (Wildman–Crippen MR) is 124 cm³/mol. The predicted octanol–water partition coefficient (Wildman–Crippen LogP) is 3.70. The number of hydrogen-bond acceptors (Lipinski definition) is 5. The summed E-state index contributed by atoms with van der Waals surface area (Å²) < 4.78 is 27.6.